The molecule has 309 valence electrons. The maximum absolute atomic E-state index is 13.7. The van der Waals surface area contributed by atoms with Gasteiger partial charge in [-0.25, -0.2) is 17.6 Å². The van der Waals surface area contributed by atoms with Crippen molar-refractivity contribution in [3.63, 3.8) is 0 Å². The average molecular weight is 876 g/mol. The molecule has 0 bridgehead atoms. The Morgan fingerprint density at radius 3 is 1.60 bits per heavy atom. The van der Waals surface area contributed by atoms with E-state index >= 15 is 0 Å². The van der Waals surface area contributed by atoms with Crippen LogP contribution in [-0.4, -0.2) is 64.6 Å². The summed E-state index contributed by atoms with van der Waals surface area (Å²) in [4.78, 5) is 0. The Morgan fingerprint density at radius 1 is 0.632 bits per heavy atom. The summed E-state index contributed by atoms with van der Waals surface area (Å²) in [5.41, 5.74) is -2.29. The van der Waals surface area contributed by atoms with Crippen LogP contribution in [-0.2, 0) is 18.6 Å². The van der Waals surface area contributed by atoms with E-state index in [4.69, 9.17) is 43.6 Å². The molecule has 0 saturated carbocycles. The Bertz CT molecular complexity index is 1950. The molecule has 6 rings (SSSR count). The van der Waals surface area contributed by atoms with Crippen LogP contribution in [0.1, 0.15) is 62.8 Å². The van der Waals surface area contributed by atoms with Crippen molar-refractivity contribution in [2.45, 2.75) is 85.2 Å². The van der Waals surface area contributed by atoms with Crippen LogP contribution in [0.2, 0.25) is 0 Å². The summed E-state index contributed by atoms with van der Waals surface area (Å²) in [6, 6.07) is 11.5. The van der Waals surface area contributed by atoms with E-state index in [2.05, 4.69) is 15.9 Å². The summed E-state index contributed by atoms with van der Waals surface area (Å²) < 4.78 is 118. The molecule has 2 aliphatic rings. The largest absolute Gasteiger partial charge is 0.505 e. The molecule has 0 atom stereocenters. The van der Waals surface area contributed by atoms with E-state index < -0.39 is 88.9 Å². The van der Waals surface area contributed by atoms with Gasteiger partial charge in [0.1, 0.15) is 11.6 Å². The van der Waals surface area contributed by atoms with Gasteiger partial charge in [0.15, 0.2) is 40.5 Å². The first kappa shape index (κ1) is 49.4. The predicted octanol–water partition coefficient (Wildman–Crippen LogP) is 7.74. The normalized spacial score (nSPS) is 16.6. The maximum atomic E-state index is 13.7. The third-order valence-electron chi connectivity index (χ3n) is 9.13. The quantitative estimate of drug-likeness (QED) is 0.0926. The summed E-state index contributed by atoms with van der Waals surface area (Å²) in [5, 5.41) is 35.3. The highest BCUT2D eigenvalue weighted by atomic mass is 79.9. The lowest BCUT2D eigenvalue weighted by Crippen LogP contribution is -2.41. The number of phenols is 2. The molecule has 9 nitrogen and oxygen atoms in total. The van der Waals surface area contributed by atoms with E-state index in [0.29, 0.717) is 0 Å². The topological polar surface area (TPSA) is 127 Å². The van der Waals surface area contributed by atoms with Crippen LogP contribution in [0.3, 0.4) is 0 Å². The van der Waals surface area contributed by atoms with Gasteiger partial charge in [-0.15, -0.1) is 0 Å². The predicted molar refractivity (Wildman–Crippen MR) is 205 cm³/mol. The SMILES string of the molecule is C.CC1(C)OB(c2ccc(O)c(F)c2F)OC1(C)C.CC1(C)O[B]OC1(C)C.OB(O)c1ccc(Oc2cccc(F)c2)c(F)c1F.Oc1ccc(Br)c(F)c1F. The molecule has 0 spiro atoms. The molecule has 2 saturated heterocycles. The van der Waals surface area contributed by atoms with Gasteiger partial charge in [0, 0.05) is 17.0 Å². The van der Waals surface area contributed by atoms with Gasteiger partial charge in [-0.05, 0) is 108 Å². The molecule has 0 amide bonds. The summed E-state index contributed by atoms with van der Waals surface area (Å²) in [6.07, 6.45) is 0. The van der Waals surface area contributed by atoms with Crippen LogP contribution in [0, 0.1) is 40.7 Å². The summed E-state index contributed by atoms with van der Waals surface area (Å²) >= 11 is 2.75. The van der Waals surface area contributed by atoms with Crippen molar-refractivity contribution in [1.29, 1.82) is 0 Å². The van der Waals surface area contributed by atoms with Gasteiger partial charge in [0.05, 0.1) is 26.9 Å². The zero-order chi connectivity index (χ0) is 42.6. The minimum atomic E-state index is -2.13. The van der Waals surface area contributed by atoms with Crippen LogP contribution in [0.5, 0.6) is 23.0 Å². The molecule has 0 aliphatic carbocycles. The highest BCUT2D eigenvalue weighted by Crippen LogP contribution is 2.37. The fourth-order valence-electron chi connectivity index (χ4n) is 4.25. The number of hydrogen-bond acceptors (Lipinski definition) is 9. The molecule has 4 aromatic carbocycles. The van der Waals surface area contributed by atoms with E-state index in [0.717, 1.165) is 30.3 Å². The first-order chi connectivity index (χ1) is 25.7. The number of benzene rings is 4. The van der Waals surface area contributed by atoms with Gasteiger partial charge in [-0.1, -0.05) is 25.6 Å². The molecule has 4 aromatic rings. The summed E-state index contributed by atoms with van der Waals surface area (Å²) in [6.45, 7) is 15.3. The van der Waals surface area contributed by atoms with Crippen LogP contribution in [0.25, 0.3) is 0 Å². The third kappa shape index (κ3) is 11.9. The molecule has 2 fully saturated rings. The van der Waals surface area contributed by atoms with Crippen LogP contribution in [0.4, 0.5) is 30.7 Å². The zero-order valence-electron chi connectivity index (χ0n) is 31.4. The third-order valence-corrected chi connectivity index (χ3v) is 9.74. The molecular formula is C37H42B3BrF7O9. The highest BCUT2D eigenvalue weighted by Gasteiger charge is 2.52. The minimum Gasteiger partial charge on any atom is -0.505 e. The van der Waals surface area contributed by atoms with Crippen molar-refractivity contribution in [2.24, 2.45) is 0 Å². The van der Waals surface area contributed by atoms with Gasteiger partial charge < -0.3 is 43.6 Å². The van der Waals surface area contributed by atoms with Crippen molar-refractivity contribution in [3.8, 4) is 23.0 Å². The van der Waals surface area contributed by atoms with Gasteiger partial charge in [-0.3, -0.25) is 0 Å². The molecule has 0 unspecified atom stereocenters. The number of aromatic hydroxyl groups is 2. The minimum absolute atomic E-state index is 0. The molecule has 2 aliphatic heterocycles. The van der Waals surface area contributed by atoms with Gasteiger partial charge in [-0.2, -0.15) is 13.2 Å². The van der Waals surface area contributed by atoms with E-state index in [-0.39, 0.29) is 34.3 Å². The lowest BCUT2D eigenvalue weighted by molar-refractivity contribution is 0.00578. The Labute approximate surface area is 336 Å². The molecule has 4 N–H and O–H groups in total. The lowest BCUT2D eigenvalue weighted by Gasteiger charge is -2.32. The number of phenolic OH excluding ortho intramolecular Hbond substituents is 2. The van der Waals surface area contributed by atoms with E-state index in [9.17, 15) is 30.7 Å². The molecule has 1 radical (unpaired) electrons. The maximum Gasteiger partial charge on any atom is 0.497 e. The number of hydrogen-bond donors (Lipinski definition) is 4. The highest BCUT2D eigenvalue weighted by molar-refractivity contribution is 9.10. The second kappa shape index (κ2) is 19.3. The van der Waals surface area contributed by atoms with Gasteiger partial charge in [0.2, 0.25) is 11.6 Å². The Hall–Kier alpha value is -3.78. The fraction of sp³-hybridized carbons (Fsp3) is 0.351. The van der Waals surface area contributed by atoms with Crippen LogP contribution >= 0.6 is 15.9 Å². The zero-order valence-corrected chi connectivity index (χ0v) is 32.9. The Morgan fingerprint density at radius 2 is 1.14 bits per heavy atom. The molecule has 2 heterocycles. The Balaban J connectivity index is 0.000000273. The summed E-state index contributed by atoms with van der Waals surface area (Å²) in [7, 11) is -1.69. The van der Waals surface area contributed by atoms with Crippen molar-refractivity contribution < 1.29 is 74.3 Å². The lowest BCUT2D eigenvalue weighted by atomic mass is 9.78. The number of ether oxygens (including phenoxy) is 1. The van der Waals surface area contributed by atoms with Crippen molar-refractivity contribution in [1.82, 2.24) is 0 Å². The monoisotopic (exact) mass is 875 g/mol. The fourth-order valence-corrected chi connectivity index (χ4v) is 4.56. The Kier molecular flexibility index (Phi) is 16.7. The molecule has 57 heavy (non-hydrogen) atoms. The molecule has 20 heteroatoms. The van der Waals surface area contributed by atoms with E-state index in [1.807, 2.05) is 55.4 Å². The summed E-state index contributed by atoms with van der Waals surface area (Å²) in [5.74, 6) is -10.0. The number of halogens is 8. The van der Waals surface area contributed by atoms with Gasteiger partial charge in [0.25, 0.3) is 0 Å². The molecule has 0 aromatic heterocycles. The smallest absolute Gasteiger partial charge is 0.497 e. The second-order valence-electron chi connectivity index (χ2n) is 14.2. The number of rotatable bonds is 4. The second-order valence-corrected chi connectivity index (χ2v) is 15.0. The standard InChI is InChI=1S/C12H8BF3O3.C12H15BF2O3.C6H12BO2.C6H3BrF2O.CH4/c14-7-2-1-3-8(6-7)19-10-5-4-9(13(17)18)11(15)12(10)16;1-11(2)12(3,4)18-13(17-11)7-5-6-8(16)10(15)9(7)14;1-5(2)6(3,4)9-7-8-5;7-3-1-2-4(10)6(9)5(3)8;/h1-6,17-18H;5-6,16H,1-4H3;1-4H3;1-2,10H;1H4. The van der Waals surface area contributed by atoms with E-state index in [1.165, 1.54) is 38.0 Å². The van der Waals surface area contributed by atoms with Crippen molar-refractivity contribution in [3.05, 3.63) is 106 Å². The average Bonchev–Trinajstić information content (AvgIpc) is 3.48. The van der Waals surface area contributed by atoms with Crippen LogP contribution < -0.4 is 15.7 Å². The first-order valence-electron chi connectivity index (χ1n) is 16.5. The van der Waals surface area contributed by atoms with Gasteiger partial charge >= 0.3 is 21.9 Å². The first-order valence-corrected chi connectivity index (χ1v) is 17.3. The molecular weight excluding hydrogens is 834 g/mol. The van der Waals surface area contributed by atoms with Crippen molar-refractivity contribution >= 4 is 48.8 Å². The van der Waals surface area contributed by atoms with Crippen LogP contribution in [0.15, 0.2) is 65.1 Å². The van der Waals surface area contributed by atoms with Crippen molar-refractivity contribution in [2.75, 3.05) is 0 Å². The van der Waals surface area contributed by atoms with E-state index in [1.54, 1.807) is 0 Å².